The van der Waals surface area contributed by atoms with Crippen molar-refractivity contribution in [1.82, 2.24) is 15.0 Å². The molecule has 162 valence electrons. The normalized spacial score (nSPS) is 10.7. The van der Waals surface area contributed by atoms with E-state index >= 15 is 0 Å². The second kappa shape index (κ2) is 12.1. The fourth-order valence-electron chi connectivity index (χ4n) is 2.54. The summed E-state index contributed by atoms with van der Waals surface area (Å²) in [6, 6.07) is 11.7. The fraction of sp³-hybridized carbons (Fsp3) is 0.217. The molecule has 0 aliphatic heterocycles. The number of ketones is 1. The van der Waals surface area contributed by atoms with Crippen molar-refractivity contribution in [2.24, 2.45) is 5.73 Å². The maximum absolute atomic E-state index is 13.8. The van der Waals surface area contributed by atoms with Crippen LogP contribution in [0.15, 0.2) is 60.6 Å². The van der Waals surface area contributed by atoms with Gasteiger partial charge in [0.2, 0.25) is 5.95 Å². The number of carbonyl (C=O) groups is 1. The predicted molar refractivity (Wildman–Crippen MR) is 119 cm³/mol. The Labute approximate surface area is 181 Å². The van der Waals surface area contributed by atoms with Crippen LogP contribution in [0, 0.1) is 12.7 Å². The van der Waals surface area contributed by atoms with Crippen molar-refractivity contribution in [3.8, 4) is 5.75 Å². The molecule has 0 radical (unpaired) electrons. The van der Waals surface area contributed by atoms with Crippen LogP contribution in [-0.4, -0.2) is 34.3 Å². The molecule has 2 heterocycles. The zero-order valence-electron chi connectivity index (χ0n) is 17.8. The molecule has 8 heteroatoms. The van der Waals surface area contributed by atoms with Gasteiger partial charge in [0, 0.05) is 43.5 Å². The Morgan fingerprint density at radius 2 is 1.90 bits per heavy atom. The van der Waals surface area contributed by atoms with Gasteiger partial charge in [-0.2, -0.15) is 0 Å². The van der Waals surface area contributed by atoms with E-state index in [0.717, 1.165) is 12.1 Å². The third kappa shape index (κ3) is 7.27. The molecule has 3 rings (SSSR count). The Balaban J connectivity index is 0.00000166. The van der Waals surface area contributed by atoms with E-state index in [1.807, 2.05) is 18.2 Å². The van der Waals surface area contributed by atoms with Gasteiger partial charge >= 0.3 is 0 Å². The van der Waals surface area contributed by atoms with Gasteiger partial charge in [0.25, 0.3) is 0 Å². The highest BCUT2D eigenvalue weighted by atomic mass is 19.1. The maximum Gasteiger partial charge on any atom is 0.222 e. The highest BCUT2D eigenvalue weighted by molar-refractivity contribution is 5.96. The van der Waals surface area contributed by atoms with E-state index in [0.29, 0.717) is 23.8 Å². The lowest BCUT2D eigenvalue weighted by molar-refractivity contribution is -0.115. The number of benzene rings is 1. The largest absolute Gasteiger partial charge is 0.451 e. The lowest BCUT2D eigenvalue weighted by atomic mass is 10.2. The number of carbonyl (C=O) groups excluding carboxylic acids is 1. The molecule has 0 unspecified atom stereocenters. The highest BCUT2D eigenvalue weighted by Crippen LogP contribution is 2.21. The van der Waals surface area contributed by atoms with Crippen molar-refractivity contribution >= 4 is 17.8 Å². The summed E-state index contributed by atoms with van der Waals surface area (Å²) < 4.78 is 19.3. The molecule has 3 aromatic rings. The molecule has 0 atom stereocenters. The summed E-state index contributed by atoms with van der Waals surface area (Å²) in [7, 11) is 1.50. The minimum absolute atomic E-state index is 0.0117. The minimum atomic E-state index is -0.542. The van der Waals surface area contributed by atoms with Crippen LogP contribution < -0.4 is 15.8 Å². The van der Waals surface area contributed by atoms with Crippen molar-refractivity contribution in [2.75, 3.05) is 18.9 Å². The Morgan fingerprint density at radius 3 is 2.55 bits per heavy atom. The molecule has 2 aromatic heterocycles. The van der Waals surface area contributed by atoms with E-state index in [1.54, 1.807) is 31.5 Å². The van der Waals surface area contributed by atoms with E-state index < -0.39 is 5.82 Å². The van der Waals surface area contributed by atoms with E-state index in [9.17, 15) is 9.18 Å². The molecule has 0 spiro atoms. The van der Waals surface area contributed by atoms with Gasteiger partial charge in [-0.15, -0.1) is 0 Å². The molecule has 0 aliphatic carbocycles. The number of nitrogens with zero attached hydrogens (tertiary/aromatic N) is 3. The molecule has 3 N–H and O–H groups in total. The van der Waals surface area contributed by atoms with Crippen LogP contribution >= 0.6 is 0 Å². The van der Waals surface area contributed by atoms with Crippen LogP contribution in [-0.2, 0) is 11.2 Å². The number of pyridine rings is 1. The minimum Gasteiger partial charge on any atom is -0.451 e. The van der Waals surface area contributed by atoms with Crippen LogP contribution in [0.4, 0.5) is 10.3 Å². The average molecular weight is 423 g/mol. The number of allylic oxidation sites excluding steroid dienone is 1. The monoisotopic (exact) mass is 423 g/mol. The molecule has 0 saturated carbocycles. The third-order valence-electron chi connectivity index (χ3n) is 4.10. The number of para-hydroxylation sites is 1. The maximum atomic E-state index is 13.8. The first-order valence-electron chi connectivity index (χ1n) is 9.73. The smallest absolute Gasteiger partial charge is 0.222 e. The Morgan fingerprint density at radius 1 is 1.16 bits per heavy atom. The number of nitrogens with two attached hydrogens (primary N) is 1. The molecule has 0 amide bonds. The fourth-order valence-corrected chi connectivity index (χ4v) is 2.54. The number of hydrogen-bond donors (Lipinski definition) is 2. The molecular formula is C23H26FN5O2. The van der Waals surface area contributed by atoms with E-state index in [4.69, 9.17) is 4.74 Å². The summed E-state index contributed by atoms with van der Waals surface area (Å²) in [5.41, 5.74) is 6.76. The summed E-state index contributed by atoms with van der Waals surface area (Å²) in [6.45, 7) is 3.80. The summed E-state index contributed by atoms with van der Waals surface area (Å²) in [5, 5.41) is 3.15. The number of rotatable bonds is 8. The first-order chi connectivity index (χ1) is 15.0. The Kier molecular flexibility index (Phi) is 9.25. The van der Waals surface area contributed by atoms with Gasteiger partial charge in [-0.3, -0.25) is 9.78 Å². The van der Waals surface area contributed by atoms with Crippen LogP contribution in [0.25, 0.3) is 6.08 Å². The quantitative estimate of drug-likeness (QED) is 0.422. The number of ether oxygens (including phenoxy) is 1. The molecule has 1 aromatic carbocycles. The molecule has 7 nitrogen and oxygen atoms in total. The summed E-state index contributed by atoms with van der Waals surface area (Å²) in [4.78, 5) is 24.9. The topological polar surface area (TPSA) is 103 Å². The number of Topliss-reactive ketones (excluding diaryl/α,β-unsaturated/α-hetero) is 1. The zero-order valence-corrected chi connectivity index (χ0v) is 17.8. The van der Waals surface area contributed by atoms with Crippen LogP contribution in [0.5, 0.6) is 5.75 Å². The van der Waals surface area contributed by atoms with Gasteiger partial charge in [-0.1, -0.05) is 18.2 Å². The lowest BCUT2D eigenvalue weighted by Gasteiger charge is -2.10. The zero-order chi connectivity index (χ0) is 22.6. The van der Waals surface area contributed by atoms with Crippen molar-refractivity contribution in [1.29, 1.82) is 0 Å². The number of aromatic nitrogens is 3. The molecule has 31 heavy (non-hydrogen) atoms. The second-order valence-corrected chi connectivity index (χ2v) is 6.33. The predicted octanol–water partition coefficient (Wildman–Crippen LogP) is 3.56. The van der Waals surface area contributed by atoms with Crippen molar-refractivity contribution < 1.29 is 13.9 Å². The molecule has 0 aliphatic rings. The third-order valence-corrected chi connectivity index (χ3v) is 4.10. The number of anilines is 1. The van der Waals surface area contributed by atoms with Crippen molar-refractivity contribution in [3.63, 3.8) is 0 Å². The van der Waals surface area contributed by atoms with E-state index in [1.165, 1.54) is 32.2 Å². The summed E-state index contributed by atoms with van der Waals surface area (Å²) in [6.07, 6.45) is 5.61. The molecule has 0 saturated heterocycles. The number of halogens is 1. The van der Waals surface area contributed by atoms with Gasteiger partial charge in [-0.05, 0) is 44.3 Å². The van der Waals surface area contributed by atoms with Crippen LogP contribution in [0.3, 0.4) is 0 Å². The highest BCUT2D eigenvalue weighted by Gasteiger charge is 2.12. The van der Waals surface area contributed by atoms with Gasteiger partial charge in [0.05, 0.1) is 5.69 Å². The van der Waals surface area contributed by atoms with Gasteiger partial charge in [0.1, 0.15) is 0 Å². The van der Waals surface area contributed by atoms with Crippen molar-refractivity contribution in [3.05, 3.63) is 83.4 Å². The average Bonchev–Trinajstić information content (AvgIpc) is 2.78. The molecular weight excluding hydrogens is 397 g/mol. The van der Waals surface area contributed by atoms with Gasteiger partial charge in [0.15, 0.2) is 23.1 Å². The van der Waals surface area contributed by atoms with E-state index in [2.05, 4.69) is 26.0 Å². The first-order valence-corrected chi connectivity index (χ1v) is 9.73. The Bertz CT molecular complexity index is 1030. The van der Waals surface area contributed by atoms with Crippen LogP contribution in [0.1, 0.15) is 23.9 Å². The van der Waals surface area contributed by atoms with Gasteiger partial charge < -0.3 is 15.8 Å². The molecule has 0 fully saturated rings. The number of hydrogen-bond acceptors (Lipinski definition) is 7. The number of nitrogens with one attached hydrogen (secondary N) is 1. The standard InChI is InChI=1S/C22H21FN4O2.CH5N/c1-15-17(13-21(16(2)28)29-20-9-4-3-8-19(20)23)14-26-22(27-15)25-12-10-18-7-5-6-11-24-18;1-2/h3-9,11,13-14H,10,12H2,1-2H3,(H,25,26,27);2H2,1H3/b21-13+;. The Hall–Kier alpha value is -3.65. The van der Waals surface area contributed by atoms with Gasteiger partial charge in [-0.25, -0.2) is 14.4 Å². The first kappa shape index (κ1) is 23.6. The van der Waals surface area contributed by atoms with Crippen LogP contribution in [0.2, 0.25) is 0 Å². The molecule has 0 bridgehead atoms. The summed E-state index contributed by atoms with van der Waals surface area (Å²) >= 11 is 0. The lowest BCUT2D eigenvalue weighted by Crippen LogP contribution is -2.10. The van der Waals surface area contributed by atoms with E-state index in [-0.39, 0.29) is 17.3 Å². The van der Waals surface area contributed by atoms with Crippen molar-refractivity contribution in [2.45, 2.75) is 20.3 Å². The number of aryl methyl sites for hydroxylation is 1. The SMILES string of the molecule is CC(=O)/C(=C\c1cnc(NCCc2ccccn2)nc1C)Oc1ccccc1F.CN. The summed E-state index contributed by atoms with van der Waals surface area (Å²) in [5.74, 6) is -0.390. The second-order valence-electron chi connectivity index (χ2n) is 6.33.